The lowest BCUT2D eigenvalue weighted by atomic mass is 10.3. The van der Waals surface area contributed by atoms with Crippen molar-refractivity contribution in [3.8, 4) is 11.5 Å². The van der Waals surface area contributed by atoms with Crippen LogP contribution in [0.2, 0.25) is 0 Å². The Bertz CT molecular complexity index is 426. The van der Waals surface area contributed by atoms with E-state index >= 15 is 0 Å². The van der Waals surface area contributed by atoms with Gasteiger partial charge in [-0.1, -0.05) is 5.16 Å². The largest absolute Gasteiger partial charge is 0.334 e. The van der Waals surface area contributed by atoms with Gasteiger partial charge in [-0.3, -0.25) is 0 Å². The summed E-state index contributed by atoms with van der Waals surface area (Å²) in [5, 5.41) is 8.77. The Kier molecular flexibility index (Phi) is 2.95. The lowest BCUT2D eigenvalue weighted by molar-refractivity contribution is 0.421. The van der Waals surface area contributed by atoms with Crippen molar-refractivity contribution in [1.29, 1.82) is 0 Å². The van der Waals surface area contributed by atoms with Crippen LogP contribution in [0.4, 0.5) is 0 Å². The predicted molar refractivity (Wildman–Crippen MR) is 58.1 cm³/mol. The van der Waals surface area contributed by atoms with Crippen LogP contribution in [0, 0.1) is 0 Å². The zero-order valence-electron chi connectivity index (χ0n) is 7.45. The molecule has 0 bridgehead atoms. The number of nitrogens with zero attached hydrogens (tertiary/aromatic N) is 2. The van der Waals surface area contributed by atoms with Crippen molar-refractivity contribution in [1.82, 2.24) is 15.5 Å². The lowest BCUT2D eigenvalue weighted by Gasteiger charge is -1.86. The van der Waals surface area contributed by atoms with E-state index < -0.39 is 0 Å². The maximum Gasteiger partial charge on any atom is 0.258 e. The van der Waals surface area contributed by atoms with Gasteiger partial charge in [0.2, 0.25) is 0 Å². The van der Waals surface area contributed by atoms with Gasteiger partial charge in [-0.2, -0.15) is 4.98 Å². The third kappa shape index (κ3) is 2.02. The van der Waals surface area contributed by atoms with E-state index in [1.165, 1.54) is 0 Å². The molecule has 0 aliphatic carbocycles. The maximum absolute atomic E-state index is 5.10. The molecule has 74 valence electrons. The molecule has 0 aliphatic rings. The molecule has 0 spiro atoms. The predicted octanol–water partition coefficient (Wildman–Crippen LogP) is 2.28. The summed E-state index contributed by atoms with van der Waals surface area (Å²) in [6, 6.07) is 1.96. The quantitative estimate of drug-likeness (QED) is 0.932. The highest BCUT2D eigenvalue weighted by atomic mass is 79.9. The molecular weight excluding hydrogens is 266 g/mol. The minimum atomic E-state index is 0.567. The van der Waals surface area contributed by atoms with E-state index in [-0.39, 0.29) is 0 Å². The Labute approximate surface area is 93.5 Å². The van der Waals surface area contributed by atoms with Crippen LogP contribution >= 0.6 is 27.3 Å². The second kappa shape index (κ2) is 4.20. The molecule has 0 unspecified atom stereocenters. The van der Waals surface area contributed by atoms with Gasteiger partial charge >= 0.3 is 0 Å². The molecule has 2 aromatic heterocycles. The summed E-state index contributed by atoms with van der Waals surface area (Å²) in [5.41, 5.74) is 0.955. The minimum Gasteiger partial charge on any atom is -0.334 e. The second-order valence-corrected chi connectivity index (χ2v) is 4.98. The Morgan fingerprint density at radius 1 is 1.64 bits per heavy atom. The van der Waals surface area contributed by atoms with Crippen LogP contribution in [0.15, 0.2) is 19.8 Å². The fourth-order valence-corrected chi connectivity index (χ4v) is 2.15. The van der Waals surface area contributed by atoms with Gasteiger partial charge in [0, 0.05) is 5.38 Å². The molecule has 0 fully saturated rings. The molecule has 0 aliphatic heterocycles. The number of hydrogen-bond donors (Lipinski definition) is 1. The van der Waals surface area contributed by atoms with Gasteiger partial charge in [0.25, 0.3) is 5.89 Å². The van der Waals surface area contributed by atoms with E-state index in [2.05, 4.69) is 31.4 Å². The van der Waals surface area contributed by atoms with E-state index in [0.717, 1.165) is 9.35 Å². The number of nitrogens with one attached hydrogen (secondary N) is 1. The van der Waals surface area contributed by atoms with Crippen molar-refractivity contribution in [2.45, 2.75) is 6.54 Å². The summed E-state index contributed by atoms with van der Waals surface area (Å²) in [6.07, 6.45) is 0. The number of aromatic nitrogens is 2. The van der Waals surface area contributed by atoms with Crippen molar-refractivity contribution < 1.29 is 4.52 Å². The summed E-state index contributed by atoms with van der Waals surface area (Å²) in [4.78, 5) is 4.23. The fourth-order valence-electron chi connectivity index (χ4n) is 1.02. The van der Waals surface area contributed by atoms with Crippen molar-refractivity contribution in [3.05, 3.63) is 21.1 Å². The molecule has 2 aromatic rings. The van der Waals surface area contributed by atoms with Crippen LogP contribution in [0.5, 0.6) is 0 Å². The molecule has 0 atom stereocenters. The van der Waals surface area contributed by atoms with Gasteiger partial charge in [0.1, 0.15) is 0 Å². The normalized spacial score (nSPS) is 10.7. The first-order valence-electron chi connectivity index (χ1n) is 4.01. The molecule has 14 heavy (non-hydrogen) atoms. The molecule has 0 saturated carbocycles. The average Bonchev–Trinajstić information content (AvgIpc) is 2.74. The molecule has 6 heteroatoms. The highest BCUT2D eigenvalue weighted by Crippen LogP contribution is 2.27. The van der Waals surface area contributed by atoms with Gasteiger partial charge < -0.3 is 9.84 Å². The van der Waals surface area contributed by atoms with Gasteiger partial charge in [-0.15, -0.1) is 11.3 Å². The zero-order valence-corrected chi connectivity index (χ0v) is 9.85. The smallest absolute Gasteiger partial charge is 0.258 e. The molecule has 0 aromatic carbocycles. The summed E-state index contributed by atoms with van der Waals surface area (Å²) in [5.74, 6) is 1.24. The summed E-state index contributed by atoms with van der Waals surface area (Å²) in [6.45, 7) is 0.620. The van der Waals surface area contributed by atoms with E-state index in [1.54, 1.807) is 11.3 Å². The second-order valence-electron chi connectivity index (χ2n) is 2.69. The van der Waals surface area contributed by atoms with Crippen molar-refractivity contribution in [2.24, 2.45) is 0 Å². The van der Waals surface area contributed by atoms with Crippen LogP contribution in [0.25, 0.3) is 11.5 Å². The fraction of sp³-hybridized carbons (Fsp3) is 0.250. The van der Waals surface area contributed by atoms with E-state index in [1.807, 2.05) is 18.5 Å². The Hall–Kier alpha value is -0.720. The monoisotopic (exact) mass is 273 g/mol. The molecule has 0 radical (unpaired) electrons. The highest BCUT2D eigenvalue weighted by molar-refractivity contribution is 9.11. The maximum atomic E-state index is 5.10. The van der Waals surface area contributed by atoms with Gasteiger partial charge in [0.15, 0.2) is 5.82 Å². The van der Waals surface area contributed by atoms with Crippen LogP contribution in [0.1, 0.15) is 5.82 Å². The third-order valence-corrected chi connectivity index (χ3v) is 3.12. The average molecular weight is 274 g/mol. The van der Waals surface area contributed by atoms with Crippen LogP contribution < -0.4 is 5.32 Å². The minimum absolute atomic E-state index is 0.567. The molecule has 4 nitrogen and oxygen atoms in total. The topological polar surface area (TPSA) is 51.0 Å². The van der Waals surface area contributed by atoms with E-state index in [0.29, 0.717) is 18.3 Å². The summed E-state index contributed by atoms with van der Waals surface area (Å²) >= 11 is 4.98. The highest BCUT2D eigenvalue weighted by Gasteiger charge is 2.09. The summed E-state index contributed by atoms with van der Waals surface area (Å²) in [7, 11) is 1.84. The molecule has 0 amide bonds. The molecule has 0 saturated heterocycles. The number of hydrogen-bond acceptors (Lipinski definition) is 5. The number of thiophene rings is 1. The van der Waals surface area contributed by atoms with Crippen molar-refractivity contribution in [2.75, 3.05) is 7.05 Å². The molecular formula is C8H8BrN3OS. The summed E-state index contributed by atoms with van der Waals surface area (Å²) < 4.78 is 6.16. The van der Waals surface area contributed by atoms with Gasteiger partial charge in [-0.05, 0) is 29.0 Å². The van der Waals surface area contributed by atoms with E-state index in [9.17, 15) is 0 Å². The first kappa shape index (κ1) is 9.82. The first-order chi connectivity index (χ1) is 6.79. The third-order valence-electron chi connectivity index (χ3n) is 1.62. The van der Waals surface area contributed by atoms with Crippen LogP contribution in [-0.2, 0) is 6.54 Å². The van der Waals surface area contributed by atoms with Crippen molar-refractivity contribution in [3.63, 3.8) is 0 Å². The van der Waals surface area contributed by atoms with Crippen LogP contribution in [-0.4, -0.2) is 17.2 Å². The first-order valence-corrected chi connectivity index (χ1v) is 5.68. The van der Waals surface area contributed by atoms with Gasteiger partial charge in [-0.25, -0.2) is 0 Å². The van der Waals surface area contributed by atoms with E-state index in [4.69, 9.17) is 4.52 Å². The zero-order chi connectivity index (χ0) is 9.97. The lowest BCUT2D eigenvalue weighted by Crippen LogP contribution is -2.06. The molecule has 1 N–H and O–H groups in total. The Morgan fingerprint density at radius 3 is 3.14 bits per heavy atom. The Morgan fingerprint density at radius 2 is 2.50 bits per heavy atom. The standard InChI is InChI=1S/C8H8BrN3OS/c1-10-3-7-11-8(13-12-7)5-2-6(9)14-4-5/h2,4,10H,3H2,1H3. The number of halogens is 1. The van der Waals surface area contributed by atoms with Crippen molar-refractivity contribution >= 4 is 27.3 Å². The SMILES string of the molecule is CNCc1noc(-c2csc(Br)c2)n1. The Balaban J connectivity index is 2.24. The van der Waals surface area contributed by atoms with Gasteiger partial charge in [0.05, 0.1) is 15.9 Å². The van der Waals surface area contributed by atoms with Crippen LogP contribution in [0.3, 0.4) is 0 Å². The number of rotatable bonds is 3. The molecule has 2 rings (SSSR count). The molecule has 2 heterocycles.